The van der Waals surface area contributed by atoms with E-state index in [0.717, 1.165) is 18.2 Å². The SMILES string of the molecule is COc1ccc(C(C)NC2CCN(C3CC3)C2)c(F)c1. The molecule has 2 aliphatic rings. The van der Waals surface area contributed by atoms with Crippen molar-refractivity contribution in [1.29, 1.82) is 0 Å². The zero-order valence-corrected chi connectivity index (χ0v) is 12.2. The molecule has 2 atom stereocenters. The molecule has 2 unspecified atom stereocenters. The van der Waals surface area contributed by atoms with Crippen molar-refractivity contribution in [3.8, 4) is 5.75 Å². The van der Waals surface area contributed by atoms with E-state index < -0.39 is 0 Å². The Labute approximate surface area is 120 Å². The zero-order chi connectivity index (χ0) is 14.1. The summed E-state index contributed by atoms with van der Waals surface area (Å²) in [7, 11) is 1.56. The number of benzene rings is 1. The summed E-state index contributed by atoms with van der Waals surface area (Å²) in [5.41, 5.74) is 0.718. The lowest BCUT2D eigenvalue weighted by atomic mass is 10.1. The fourth-order valence-electron chi connectivity index (χ4n) is 3.12. The van der Waals surface area contributed by atoms with Gasteiger partial charge in [0.15, 0.2) is 0 Å². The van der Waals surface area contributed by atoms with Crippen LogP contribution in [0.4, 0.5) is 4.39 Å². The summed E-state index contributed by atoms with van der Waals surface area (Å²) >= 11 is 0. The monoisotopic (exact) mass is 278 g/mol. The molecule has 0 spiro atoms. The molecular weight excluding hydrogens is 255 g/mol. The molecule has 1 aromatic carbocycles. The maximum absolute atomic E-state index is 14.0. The van der Waals surface area contributed by atoms with E-state index in [0.29, 0.717) is 11.8 Å². The van der Waals surface area contributed by atoms with Gasteiger partial charge in [0.25, 0.3) is 0 Å². The Hall–Kier alpha value is -1.13. The van der Waals surface area contributed by atoms with Crippen LogP contribution in [0.2, 0.25) is 0 Å². The summed E-state index contributed by atoms with van der Waals surface area (Å²) in [5.74, 6) is 0.376. The van der Waals surface area contributed by atoms with E-state index in [9.17, 15) is 4.39 Å². The third kappa shape index (κ3) is 2.96. The summed E-state index contributed by atoms with van der Waals surface area (Å²) in [6.07, 6.45) is 3.88. The molecular formula is C16H23FN2O. The Morgan fingerprint density at radius 3 is 2.80 bits per heavy atom. The van der Waals surface area contributed by atoms with Gasteiger partial charge in [0.2, 0.25) is 0 Å². The highest BCUT2D eigenvalue weighted by atomic mass is 19.1. The zero-order valence-electron chi connectivity index (χ0n) is 12.2. The van der Waals surface area contributed by atoms with E-state index >= 15 is 0 Å². The van der Waals surface area contributed by atoms with Crippen LogP contribution >= 0.6 is 0 Å². The molecule has 2 fully saturated rings. The van der Waals surface area contributed by atoms with Crippen molar-refractivity contribution >= 4 is 0 Å². The minimum atomic E-state index is -0.193. The third-order valence-corrected chi connectivity index (χ3v) is 4.44. The maximum atomic E-state index is 14.0. The van der Waals surface area contributed by atoms with Gasteiger partial charge in [-0.05, 0) is 32.3 Å². The predicted molar refractivity (Wildman–Crippen MR) is 77.5 cm³/mol. The van der Waals surface area contributed by atoms with Crippen LogP contribution in [0, 0.1) is 5.82 Å². The van der Waals surface area contributed by atoms with Crippen molar-refractivity contribution in [3.05, 3.63) is 29.6 Å². The molecule has 1 heterocycles. The number of nitrogens with zero attached hydrogens (tertiary/aromatic N) is 1. The number of rotatable bonds is 5. The molecule has 0 aromatic heterocycles. The minimum absolute atomic E-state index is 0.0325. The minimum Gasteiger partial charge on any atom is -0.497 e. The largest absolute Gasteiger partial charge is 0.497 e. The van der Waals surface area contributed by atoms with E-state index in [1.807, 2.05) is 19.1 Å². The summed E-state index contributed by atoms with van der Waals surface area (Å²) in [4.78, 5) is 2.56. The molecule has 1 aromatic rings. The molecule has 1 aliphatic carbocycles. The van der Waals surface area contributed by atoms with Crippen LogP contribution in [0.15, 0.2) is 18.2 Å². The second-order valence-corrected chi connectivity index (χ2v) is 5.99. The van der Waals surface area contributed by atoms with Crippen molar-refractivity contribution in [3.63, 3.8) is 0 Å². The number of methoxy groups -OCH3 is 1. The number of nitrogens with one attached hydrogen (secondary N) is 1. The van der Waals surface area contributed by atoms with E-state index in [2.05, 4.69) is 10.2 Å². The van der Waals surface area contributed by atoms with Crippen LogP contribution < -0.4 is 10.1 Å². The molecule has 110 valence electrons. The van der Waals surface area contributed by atoms with E-state index in [1.165, 1.54) is 31.9 Å². The molecule has 1 aliphatic heterocycles. The van der Waals surface area contributed by atoms with Crippen LogP contribution in [0.1, 0.15) is 37.8 Å². The lowest BCUT2D eigenvalue weighted by molar-refractivity contribution is 0.313. The fraction of sp³-hybridized carbons (Fsp3) is 0.625. The molecule has 1 N–H and O–H groups in total. The summed E-state index contributed by atoms with van der Waals surface area (Å²) in [6, 6.07) is 6.44. The standard InChI is InChI=1S/C16H23FN2O/c1-11(15-6-5-14(20-2)9-16(15)17)18-12-7-8-19(10-12)13-3-4-13/h5-6,9,11-13,18H,3-4,7-8,10H2,1-2H3. The molecule has 3 nitrogen and oxygen atoms in total. The average molecular weight is 278 g/mol. The molecule has 3 rings (SSSR count). The van der Waals surface area contributed by atoms with Crippen molar-refractivity contribution < 1.29 is 9.13 Å². The Kier molecular flexibility index (Phi) is 3.94. The van der Waals surface area contributed by atoms with E-state index in [4.69, 9.17) is 4.74 Å². The first kappa shape index (κ1) is 13.8. The van der Waals surface area contributed by atoms with Crippen LogP contribution in [-0.2, 0) is 0 Å². The van der Waals surface area contributed by atoms with Gasteiger partial charge in [0, 0.05) is 42.8 Å². The highest BCUT2D eigenvalue weighted by Gasteiger charge is 2.34. The average Bonchev–Trinajstić information content (AvgIpc) is 3.19. The Morgan fingerprint density at radius 1 is 1.35 bits per heavy atom. The number of hydrogen-bond donors (Lipinski definition) is 1. The lowest BCUT2D eigenvalue weighted by Crippen LogP contribution is -2.35. The molecule has 0 radical (unpaired) electrons. The van der Waals surface area contributed by atoms with Crippen molar-refractivity contribution in [2.45, 2.75) is 44.3 Å². The Balaban J connectivity index is 1.60. The van der Waals surface area contributed by atoms with E-state index in [-0.39, 0.29) is 11.9 Å². The Morgan fingerprint density at radius 2 is 2.15 bits per heavy atom. The molecule has 4 heteroatoms. The normalized spacial score (nSPS) is 24.9. The van der Waals surface area contributed by atoms with Crippen LogP contribution in [-0.4, -0.2) is 37.2 Å². The number of hydrogen-bond acceptors (Lipinski definition) is 3. The lowest BCUT2D eigenvalue weighted by Gasteiger charge is -2.21. The molecule has 1 saturated heterocycles. The van der Waals surface area contributed by atoms with Gasteiger partial charge in [-0.1, -0.05) is 6.07 Å². The van der Waals surface area contributed by atoms with Gasteiger partial charge in [-0.3, -0.25) is 4.90 Å². The highest BCUT2D eigenvalue weighted by molar-refractivity contribution is 5.30. The van der Waals surface area contributed by atoms with Crippen LogP contribution in [0.5, 0.6) is 5.75 Å². The van der Waals surface area contributed by atoms with Gasteiger partial charge in [0.1, 0.15) is 11.6 Å². The van der Waals surface area contributed by atoms with Crippen LogP contribution in [0.25, 0.3) is 0 Å². The Bertz CT molecular complexity index is 476. The van der Waals surface area contributed by atoms with Gasteiger partial charge in [-0.25, -0.2) is 4.39 Å². The smallest absolute Gasteiger partial charge is 0.131 e. The summed E-state index contributed by atoms with van der Waals surface area (Å²) in [6.45, 7) is 4.32. The van der Waals surface area contributed by atoms with Crippen molar-refractivity contribution in [2.24, 2.45) is 0 Å². The molecule has 20 heavy (non-hydrogen) atoms. The number of ether oxygens (including phenoxy) is 1. The first-order valence-electron chi connectivity index (χ1n) is 7.51. The molecule has 1 saturated carbocycles. The third-order valence-electron chi connectivity index (χ3n) is 4.44. The number of likely N-dealkylation sites (tertiary alicyclic amines) is 1. The van der Waals surface area contributed by atoms with Gasteiger partial charge < -0.3 is 10.1 Å². The van der Waals surface area contributed by atoms with E-state index in [1.54, 1.807) is 7.11 Å². The summed E-state index contributed by atoms with van der Waals surface area (Å²) < 4.78 is 19.1. The van der Waals surface area contributed by atoms with Gasteiger partial charge >= 0.3 is 0 Å². The highest BCUT2D eigenvalue weighted by Crippen LogP contribution is 2.30. The quantitative estimate of drug-likeness (QED) is 0.896. The fourth-order valence-corrected chi connectivity index (χ4v) is 3.12. The molecule has 0 amide bonds. The second kappa shape index (κ2) is 5.70. The number of halogens is 1. The maximum Gasteiger partial charge on any atom is 0.131 e. The first-order valence-corrected chi connectivity index (χ1v) is 7.51. The van der Waals surface area contributed by atoms with Gasteiger partial charge in [-0.2, -0.15) is 0 Å². The van der Waals surface area contributed by atoms with Crippen LogP contribution in [0.3, 0.4) is 0 Å². The van der Waals surface area contributed by atoms with Crippen molar-refractivity contribution in [2.75, 3.05) is 20.2 Å². The van der Waals surface area contributed by atoms with Gasteiger partial charge in [-0.15, -0.1) is 0 Å². The second-order valence-electron chi connectivity index (χ2n) is 5.99. The van der Waals surface area contributed by atoms with Crippen molar-refractivity contribution in [1.82, 2.24) is 10.2 Å². The first-order chi connectivity index (χ1) is 9.67. The topological polar surface area (TPSA) is 24.5 Å². The van der Waals surface area contributed by atoms with Gasteiger partial charge in [0.05, 0.1) is 7.11 Å². The summed E-state index contributed by atoms with van der Waals surface area (Å²) in [5, 5.41) is 3.56. The molecule has 0 bridgehead atoms. The predicted octanol–water partition coefficient (Wildman–Crippen LogP) is 2.72.